The van der Waals surface area contributed by atoms with Gasteiger partial charge in [0, 0.05) is 26.4 Å². The topological polar surface area (TPSA) is 85.8 Å². The highest BCUT2D eigenvalue weighted by molar-refractivity contribution is 7.81. The van der Waals surface area contributed by atoms with Gasteiger partial charge in [0.2, 0.25) is 0 Å². The molecule has 0 aliphatic carbocycles. The van der Waals surface area contributed by atoms with E-state index in [1.54, 1.807) is 7.05 Å². The minimum absolute atomic E-state index is 0.00226. The first-order valence-electron chi connectivity index (χ1n) is 6.31. The second kappa shape index (κ2) is 6.35. The van der Waals surface area contributed by atoms with Crippen molar-refractivity contribution in [3.8, 4) is 5.75 Å². The summed E-state index contributed by atoms with van der Waals surface area (Å²) in [5, 5.41) is 0. The molecule has 0 bridgehead atoms. The minimum Gasteiger partial charge on any atom is -0.376 e. The van der Waals surface area contributed by atoms with Gasteiger partial charge in [-0.15, -0.1) is 0 Å². The fraction of sp³-hybridized carbons (Fsp3) is 0.500. The molecule has 1 aromatic rings. The van der Waals surface area contributed by atoms with Crippen LogP contribution in [0.4, 0.5) is 3.89 Å². The van der Waals surface area contributed by atoms with Gasteiger partial charge in [0.1, 0.15) is 0 Å². The number of likely N-dealkylation sites (N-methyl/N-ethyl adjacent to an activating group) is 1. The molecule has 1 aliphatic heterocycles. The molecule has 2 heterocycles. The molecule has 0 N–H and O–H groups in total. The summed E-state index contributed by atoms with van der Waals surface area (Å²) in [6, 6.07) is 1.12. The molecule has 0 saturated carbocycles. The Bertz CT molecular complexity index is 616. The number of hydrogen-bond acceptors (Lipinski definition) is 6. The van der Waals surface area contributed by atoms with E-state index in [1.807, 2.05) is 0 Å². The fourth-order valence-corrected chi connectivity index (χ4v) is 2.41. The number of halogens is 1. The van der Waals surface area contributed by atoms with Gasteiger partial charge >= 0.3 is 10.5 Å². The molecule has 0 aromatic carbocycles. The van der Waals surface area contributed by atoms with Crippen LogP contribution in [-0.2, 0) is 15.2 Å². The van der Waals surface area contributed by atoms with Gasteiger partial charge in [0.15, 0.2) is 5.75 Å². The van der Waals surface area contributed by atoms with Crippen molar-refractivity contribution >= 4 is 16.4 Å². The lowest BCUT2D eigenvalue weighted by molar-refractivity contribution is 0.0586. The van der Waals surface area contributed by atoms with Crippen molar-refractivity contribution < 1.29 is 26.0 Å². The number of carbonyl (C=O) groups excluding carboxylic acids is 1. The van der Waals surface area contributed by atoms with Crippen LogP contribution in [-0.4, -0.2) is 50.5 Å². The number of hydrogen-bond donors (Lipinski definition) is 0. The van der Waals surface area contributed by atoms with Gasteiger partial charge in [-0.3, -0.25) is 9.78 Å². The van der Waals surface area contributed by atoms with Crippen molar-refractivity contribution in [3.05, 3.63) is 24.0 Å². The van der Waals surface area contributed by atoms with Crippen LogP contribution >= 0.6 is 0 Å². The molecule has 1 fully saturated rings. The van der Waals surface area contributed by atoms with Crippen LogP contribution in [0, 0.1) is 0 Å². The van der Waals surface area contributed by atoms with Gasteiger partial charge < -0.3 is 13.8 Å². The average Bonchev–Trinajstić information content (AvgIpc) is 2.89. The third-order valence-corrected chi connectivity index (χ3v) is 3.40. The molecule has 1 atom stereocenters. The SMILES string of the molecule is CN(CC1CCCO1)C(=O)c1cncc(OS(=O)(=O)F)c1. The summed E-state index contributed by atoms with van der Waals surface area (Å²) in [5.41, 5.74) is 0.108. The number of aromatic nitrogens is 1. The molecule has 116 valence electrons. The average molecular weight is 318 g/mol. The highest BCUT2D eigenvalue weighted by atomic mass is 32.3. The minimum atomic E-state index is -5.14. The van der Waals surface area contributed by atoms with Gasteiger partial charge in [-0.2, -0.15) is 8.42 Å². The predicted molar refractivity (Wildman–Crippen MR) is 70.8 cm³/mol. The molecule has 2 rings (SSSR count). The quantitative estimate of drug-likeness (QED) is 0.751. The summed E-state index contributed by atoms with van der Waals surface area (Å²) < 4.78 is 42.8. The second-order valence-electron chi connectivity index (χ2n) is 4.71. The Kier molecular flexibility index (Phi) is 4.73. The summed E-state index contributed by atoms with van der Waals surface area (Å²) in [6.45, 7) is 1.11. The van der Waals surface area contributed by atoms with E-state index in [2.05, 4.69) is 9.17 Å². The summed E-state index contributed by atoms with van der Waals surface area (Å²) in [5.74, 6) is -0.728. The predicted octanol–water partition coefficient (Wildman–Crippen LogP) is 0.926. The Balaban J connectivity index is 2.05. The summed E-state index contributed by atoms with van der Waals surface area (Å²) in [6.07, 6.45) is 4.11. The third-order valence-electron chi connectivity index (χ3n) is 3.00. The molecule has 1 aliphatic rings. The molecular formula is C12H15FN2O5S. The zero-order chi connectivity index (χ0) is 15.5. The maximum Gasteiger partial charge on any atom is 0.488 e. The lowest BCUT2D eigenvalue weighted by Crippen LogP contribution is -2.34. The van der Waals surface area contributed by atoms with Crippen LogP contribution in [0.1, 0.15) is 23.2 Å². The van der Waals surface area contributed by atoms with Gasteiger partial charge in [-0.05, 0) is 18.9 Å². The van der Waals surface area contributed by atoms with Crippen LogP contribution in [0.15, 0.2) is 18.5 Å². The first-order valence-corrected chi connectivity index (χ1v) is 7.62. The fourth-order valence-electron chi connectivity index (χ4n) is 2.09. The Morgan fingerprint density at radius 3 is 2.95 bits per heavy atom. The lowest BCUT2D eigenvalue weighted by Gasteiger charge is -2.20. The number of carbonyl (C=O) groups is 1. The van der Waals surface area contributed by atoms with E-state index < -0.39 is 10.5 Å². The van der Waals surface area contributed by atoms with Crippen LogP contribution in [0.25, 0.3) is 0 Å². The van der Waals surface area contributed by atoms with E-state index >= 15 is 0 Å². The molecule has 1 saturated heterocycles. The molecule has 1 unspecified atom stereocenters. The maximum absolute atomic E-state index is 12.4. The smallest absolute Gasteiger partial charge is 0.376 e. The van der Waals surface area contributed by atoms with Crippen molar-refractivity contribution in [2.75, 3.05) is 20.2 Å². The first-order chi connectivity index (χ1) is 9.85. The number of rotatable bonds is 5. The number of amides is 1. The number of ether oxygens (including phenoxy) is 1. The van der Waals surface area contributed by atoms with E-state index in [-0.39, 0.29) is 23.3 Å². The van der Waals surface area contributed by atoms with Gasteiger partial charge in [-0.1, -0.05) is 3.89 Å². The van der Waals surface area contributed by atoms with Crippen LogP contribution < -0.4 is 4.18 Å². The molecule has 7 nitrogen and oxygen atoms in total. The van der Waals surface area contributed by atoms with Gasteiger partial charge in [-0.25, -0.2) is 0 Å². The second-order valence-corrected chi connectivity index (χ2v) is 5.66. The Morgan fingerprint density at radius 2 is 2.33 bits per heavy atom. The molecule has 1 amide bonds. The Hall–Kier alpha value is -1.74. The highest BCUT2D eigenvalue weighted by Crippen LogP contribution is 2.17. The van der Waals surface area contributed by atoms with Crippen molar-refractivity contribution in [1.82, 2.24) is 9.88 Å². The molecular weight excluding hydrogens is 303 g/mol. The van der Waals surface area contributed by atoms with Crippen molar-refractivity contribution in [2.24, 2.45) is 0 Å². The van der Waals surface area contributed by atoms with E-state index in [0.29, 0.717) is 13.2 Å². The number of nitrogens with zero attached hydrogens (tertiary/aromatic N) is 2. The zero-order valence-corrected chi connectivity index (χ0v) is 12.2. The van der Waals surface area contributed by atoms with Crippen molar-refractivity contribution in [2.45, 2.75) is 18.9 Å². The molecule has 0 spiro atoms. The summed E-state index contributed by atoms with van der Waals surface area (Å²) >= 11 is 0. The highest BCUT2D eigenvalue weighted by Gasteiger charge is 2.21. The third kappa shape index (κ3) is 4.64. The van der Waals surface area contributed by atoms with Crippen molar-refractivity contribution in [3.63, 3.8) is 0 Å². The largest absolute Gasteiger partial charge is 0.488 e. The maximum atomic E-state index is 12.4. The van der Waals surface area contributed by atoms with Crippen LogP contribution in [0.5, 0.6) is 5.75 Å². The monoisotopic (exact) mass is 318 g/mol. The normalized spacial score (nSPS) is 18.5. The standard InChI is InChI=1S/C12H15FN2O5S/c1-15(8-10-3-2-4-19-10)12(16)9-5-11(7-14-6-9)20-21(13,17)18/h5-7,10H,2-4,8H2,1H3. The van der Waals surface area contributed by atoms with Gasteiger partial charge in [0.05, 0.1) is 17.9 Å². The molecule has 9 heteroatoms. The summed E-state index contributed by atoms with van der Waals surface area (Å²) in [7, 11) is -3.54. The number of pyridine rings is 1. The Labute approximate surface area is 122 Å². The van der Waals surface area contributed by atoms with E-state index in [1.165, 1.54) is 11.1 Å². The van der Waals surface area contributed by atoms with Gasteiger partial charge in [0.25, 0.3) is 5.91 Å². The van der Waals surface area contributed by atoms with Crippen LogP contribution in [0.2, 0.25) is 0 Å². The molecule has 0 radical (unpaired) electrons. The Morgan fingerprint density at radius 1 is 1.57 bits per heavy atom. The lowest BCUT2D eigenvalue weighted by atomic mass is 10.2. The van der Waals surface area contributed by atoms with E-state index in [0.717, 1.165) is 25.1 Å². The zero-order valence-electron chi connectivity index (χ0n) is 11.4. The van der Waals surface area contributed by atoms with Crippen LogP contribution in [0.3, 0.4) is 0 Å². The van der Waals surface area contributed by atoms with Crippen molar-refractivity contribution in [1.29, 1.82) is 0 Å². The summed E-state index contributed by atoms with van der Waals surface area (Å²) in [4.78, 5) is 17.3. The van der Waals surface area contributed by atoms with E-state index in [9.17, 15) is 17.1 Å². The molecule has 1 aromatic heterocycles. The van der Waals surface area contributed by atoms with E-state index in [4.69, 9.17) is 4.74 Å². The molecule has 21 heavy (non-hydrogen) atoms. The first kappa shape index (κ1) is 15.6.